The zero-order chi connectivity index (χ0) is 19.3. The van der Waals surface area contributed by atoms with Gasteiger partial charge in [-0.25, -0.2) is 4.79 Å². The zero-order valence-electron chi connectivity index (χ0n) is 15.9. The number of hydrogen-bond donors (Lipinski definition) is 1. The Morgan fingerprint density at radius 1 is 1.08 bits per heavy atom. The van der Waals surface area contributed by atoms with Crippen molar-refractivity contribution >= 4 is 17.6 Å². The van der Waals surface area contributed by atoms with Crippen LogP contribution in [0.25, 0.3) is 0 Å². The van der Waals surface area contributed by atoms with Crippen molar-refractivity contribution < 1.29 is 19.1 Å². The predicted octanol–water partition coefficient (Wildman–Crippen LogP) is 4.19. The molecule has 1 N–H and O–H groups in total. The molecule has 0 aromatic heterocycles. The summed E-state index contributed by atoms with van der Waals surface area (Å²) in [6, 6.07) is 10.8. The van der Waals surface area contributed by atoms with Crippen molar-refractivity contribution in [3.8, 4) is 5.75 Å². The van der Waals surface area contributed by atoms with E-state index in [1.54, 1.807) is 32.0 Å². The van der Waals surface area contributed by atoms with E-state index in [0.29, 0.717) is 23.6 Å². The molecule has 2 aromatic rings. The highest BCUT2D eigenvalue weighted by Crippen LogP contribution is 2.23. The second-order valence-electron chi connectivity index (χ2n) is 6.20. The first-order valence-corrected chi connectivity index (χ1v) is 8.65. The van der Waals surface area contributed by atoms with E-state index in [4.69, 9.17) is 9.47 Å². The molecule has 2 aromatic carbocycles. The van der Waals surface area contributed by atoms with Crippen LogP contribution in [0.15, 0.2) is 36.4 Å². The van der Waals surface area contributed by atoms with Crippen LogP contribution in [0, 0.1) is 20.8 Å². The van der Waals surface area contributed by atoms with Crippen molar-refractivity contribution in [2.75, 3.05) is 11.9 Å². The molecular weight excluding hydrogens is 330 g/mol. The van der Waals surface area contributed by atoms with Gasteiger partial charge in [0.05, 0.1) is 12.2 Å². The molecule has 0 heterocycles. The lowest BCUT2D eigenvalue weighted by atomic mass is 10.1. The minimum atomic E-state index is -0.679. The number of esters is 1. The molecule has 0 aliphatic carbocycles. The van der Waals surface area contributed by atoms with Crippen LogP contribution in [0.5, 0.6) is 5.75 Å². The van der Waals surface area contributed by atoms with Crippen LogP contribution in [0.1, 0.15) is 40.9 Å². The van der Waals surface area contributed by atoms with Crippen LogP contribution < -0.4 is 10.1 Å². The number of benzene rings is 2. The first-order valence-electron chi connectivity index (χ1n) is 8.65. The summed E-state index contributed by atoms with van der Waals surface area (Å²) in [6.45, 7) is 9.57. The normalized spacial score (nSPS) is 11.6. The van der Waals surface area contributed by atoms with E-state index in [1.165, 1.54) is 0 Å². The van der Waals surface area contributed by atoms with Gasteiger partial charge in [0, 0.05) is 5.69 Å². The van der Waals surface area contributed by atoms with Crippen molar-refractivity contribution in [3.05, 3.63) is 58.7 Å². The molecule has 0 fully saturated rings. The van der Waals surface area contributed by atoms with Crippen molar-refractivity contribution in [2.45, 2.75) is 40.7 Å². The van der Waals surface area contributed by atoms with E-state index in [1.807, 2.05) is 39.0 Å². The van der Waals surface area contributed by atoms with Gasteiger partial charge >= 0.3 is 5.97 Å². The highest BCUT2D eigenvalue weighted by Gasteiger charge is 2.18. The summed E-state index contributed by atoms with van der Waals surface area (Å²) in [5.41, 5.74) is 3.93. The van der Waals surface area contributed by atoms with Crippen molar-refractivity contribution in [1.29, 1.82) is 0 Å². The van der Waals surface area contributed by atoms with Gasteiger partial charge < -0.3 is 14.8 Å². The smallest absolute Gasteiger partial charge is 0.338 e. The first-order chi connectivity index (χ1) is 12.3. The summed E-state index contributed by atoms with van der Waals surface area (Å²) in [4.78, 5) is 24.4. The van der Waals surface area contributed by atoms with E-state index in [2.05, 4.69) is 5.32 Å². The van der Waals surface area contributed by atoms with Gasteiger partial charge in [-0.2, -0.15) is 0 Å². The van der Waals surface area contributed by atoms with Crippen LogP contribution in [-0.2, 0) is 9.53 Å². The standard InChI is InChI=1S/C21H25NO4/c1-6-25-21(24)17-11-10-14(3)18(12-17)22-20(23)16(5)26-19-9-7-8-13(2)15(19)4/h7-12,16H,6H2,1-5H3,(H,22,23)/t16-/m1/s1. The predicted molar refractivity (Wildman–Crippen MR) is 102 cm³/mol. The highest BCUT2D eigenvalue weighted by atomic mass is 16.5. The molecule has 5 nitrogen and oxygen atoms in total. The first kappa shape index (κ1) is 19.5. The molecule has 0 bridgehead atoms. The van der Waals surface area contributed by atoms with E-state index in [0.717, 1.165) is 16.7 Å². The Balaban J connectivity index is 2.12. The van der Waals surface area contributed by atoms with Gasteiger partial charge in [0.25, 0.3) is 5.91 Å². The van der Waals surface area contributed by atoms with Crippen LogP contribution in [0.2, 0.25) is 0 Å². The minimum absolute atomic E-state index is 0.282. The largest absolute Gasteiger partial charge is 0.481 e. The number of rotatable bonds is 6. The summed E-state index contributed by atoms with van der Waals surface area (Å²) < 4.78 is 10.8. The van der Waals surface area contributed by atoms with E-state index in [-0.39, 0.29) is 5.91 Å². The van der Waals surface area contributed by atoms with Gasteiger partial charge in [0.15, 0.2) is 6.10 Å². The fourth-order valence-corrected chi connectivity index (χ4v) is 2.43. The van der Waals surface area contributed by atoms with Crippen molar-refractivity contribution in [2.24, 2.45) is 0 Å². The Bertz CT molecular complexity index is 814. The Hall–Kier alpha value is -2.82. The molecule has 0 saturated carbocycles. The summed E-state index contributed by atoms with van der Waals surface area (Å²) in [6.07, 6.45) is -0.679. The number of amides is 1. The summed E-state index contributed by atoms with van der Waals surface area (Å²) in [5, 5.41) is 2.83. The second kappa shape index (κ2) is 8.52. The average molecular weight is 355 g/mol. The summed E-state index contributed by atoms with van der Waals surface area (Å²) in [7, 11) is 0. The van der Waals surface area contributed by atoms with Crippen LogP contribution in [0.3, 0.4) is 0 Å². The fraction of sp³-hybridized carbons (Fsp3) is 0.333. The van der Waals surface area contributed by atoms with Gasteiger partial charge in [0.2, 0.25) is 0 Å². The zero-order valence-corrected chi connectivity index (χ0v) is 15.9. The van der Waals surface area contributed by atoms with Gasteiger partial charge in [-0.15, -0.1) is 0 Å². The third-order valence-electron chi connectivity index (χ3n) is 4.23. The number of nitrogens with one attached hydrogen (secondary N) is 1. The molecule has 26 heavy (non-hydrogen) atoms. The van der Waals surface area contributed by atoms with E-state index in [9.17, 15) is 9.59 Å². The van der Waals surface area contributed by atoms with Gasteiger partial charge in [-0.1, -0.05) is 18.2 Å². The third-order valence-corrected chi connectivity index (χ3v) is 4.23. The molecule has 0 unspecified atom stereocenters. The molecule has 0 spiro atoms. The van der Waals surface area contributed by atoms with Crippen molar-refractivity contribution in [3.63, 3.8) is 0 Å². The van der Waals surface area contributed by atoms with E-state index < -0.39 is 12.1 Å². The number of ether oxygens (including phenoxy) is 2. The Kier molecular flexibility index (Phi) is 6.39. The lowest BCUT2D eigenvalue weighted by molar-refractivity contribution is -0.122. The fourth-order valence-electron chi connectivity index (χ4n) is 2.43. The maximum atomic E-state index is 12.5. The maximum Gasteiger partial charge on any atom is 0.338 e. The molecule has 0 aliphatic rings. The molecule has 1 amide bonds. The number of aryl methyl sites for hydroxylation is 2. The number of hydrogen-bond acceptors (Lipinski definition) is 4. The molecule has 0 radical (unpaired) electrons. The minimum Gasteiger partial charge on any atom is -0.481 e. The average Bonchev–Trinajstić information content (AvgIpc) is 2.60. The molecule has 2 rings (SSSR count). The molecule has 1 atom stereocenters. The van der Waals surface area contributed by atoms with E-state index >= 15 is 0 Å². The van der Waals surface area contributed by atoms with Crippen LogP contribution in [0.4, 0.5) is 5.69 Å². The number of carbonyl (C=O) groups is 2. The summed E-state index contributed by atoms with van der Waals surface area (Å²) >= 11 is 0. The van der Waals surface area contributed by atoms with Crippen molar-refractivity contribution in [1.82, 2.24) is 0 Å². The van der Waals surface area contributed by atoms with Gasteiger partial charge in [0.1, 0.15) is 5.75 Å². The molecule has 5 heteroatoms. The Morgan fingerprint density at radius 2 is 1.81 bits per heavy atom. The topological polar surface area (TPSA) is 64.6 Å². The molecular formula is C21H25NO4. The summed E-state index contributed by atoms with van der Waals surface area (Å²) in [5.74, 6) is -0.0117. The quantitative estimate of drug-likeness (QED) is 0.789. The Labute approximate surface area is 154 Å². The monoisotopic (exact) mass is 355 g/mol. The lowest BCUT2D eigenvalue weighted by Gasteiger charge is -2.18. The van der Waals surface area contributed by atoms with Gasteiger partial charge in [-0.3, -0.25) is 4.79 Å². The maximum absolute atomic E-state index is 12.5. The van der Waals surface area contributed by atoms with Crippen LogP contribution >= 0.6 is 0 Å². The SMILES string of the molecule is CCOC(=O)c1ccc(C)c(NC(=O)[C@@H](C)Oc2cccc(C)c2C)c1. The van der Waals surface area contributed by atoms with Crippen LogP contribution in [-0.4, -0.2) is 24.6 Å². The molecule has 0 aliphatic heterocycles. The number of carbonyl (C=O) groups excluding carboxylic acids is 2. The number of anilines is 1. The molecule has 0 saturated heterocycles. The lowest BCUT2D eigenvalue weighted by Crippen LogP contribution is -2.30. The second-order valence-corrected chi connectivity index (χ2v) is 6.20. The highest BCUT2D eigenvalue weighted by molar-refractivity contribution is 5.97. The molecule has 138 valence electrons. The van der Waals surface area contributed by atoms with Gasteiger partial charge in [-0.05, 0) is 69.5 Å². The Morgan fingerprint density at radius 3 is 2.50 bits per heavy atom. The third kappa shape index (κ3) is 4.63.